The molecule has 4 rings (SSSR count). The number of nitrogens with zero attached hydrogens (tertiary/aromatic N) is 1. The average Bonchev–Trinajstić information content (AvgIpc) is 2.68. The first-order chi connectivity index (χ1) is 13.5. The van der Waals surface area contributed by atoms with Gasteiger partial charge in [-0.2, -0.15) is 0 Å². The molecule has 146 valence electrons. The zero-order valence-electron chi connectivity index (χ0n) is 15.2. The molecule has 2 aromatic carbocycles. The van der Waals surface area contributed by atoms with Crippen LogP contribution in [0.4, 0.5) is 5.69 Å². The van der Waals surface area contributed by atoms with E-state index < -0.39 is 0 Å². The number of halogens is 3. The molecule has 1 aromatic heterocycles. The minimum Gasteiger partial charge on any atom is -0.471 e. The van der Waals surface area contributed by atoms with Gasteiger partial charge in [0.25, 0.3) is 0 Å². The van der Waals surface area contributed by atoms with Gasteiger partial charge in [-0.3, -0.25) is 0 Å². The third kappa shape index (κ3) is 3.57. The van der Waals surface area contributed by atoms with Crippen LogP contribution in [0, 0.1) is 0 Å². The van der Waals surface area contributed by atoms with E-state index in [-0.39, 0.29) is 12.4 Å². The van der Waals surface area contributed by atoms with Crippen LogP contribution in [-0.2, 0) is 13.0 Å². The first-order valence-electron chi connectivity index (χ1n) is 9.09. The predicted molar refractivity (Wildman–Crippen MR) is 114 cm³/mol. The minimum atomic E-state index is -0.374. The van der Waals surface area contributed by atoms with Crippen molar-refractivity contribution in [2.24, 2.45) is 0 Å². The van der Waals surface area contributed by atoms with Gasteiger partial charge in [-0.1, -0.05) is 48.1 Å². The van der Waals surface area contributed by atoms with Gasteiger partial charge in [0.15, 0.2) is 6.73 Å². The number of hydrogen-bond donors (Lipinski definition) is 0. The Bertz CT molecular complexity index is 1110. The van der Waals surface area contributed by atoms with Gasteiger partial charge < -0.3 is 14.1 Å². The Kier molecular flexibility index (Phi) is 5.46. The van der Waals surface area contributed by atoms with Crippen LogP contribution in [0.2, 0.25) is 15.1 Å². The Morgan fingerprint density at radius 3 is 2.71 bits per heavy atom. The van der Waals surface area contributed by atoms with Crippen molar-refractivity contribution < 1.29 is 9.15 Å². The summed E-state index contributed by atoms with van der Waals surface area (Å²) < 4.78 is 11.5. The second-order valence-corrected chi connectivity index (χ2v) is 8.05. The van der Waals surface area contributed by atoms with Crippen LogP contribution in [0.25, 0.3) is 11.0 Å². The maximum absolute atomic E-state index is 12.2. The lowest BCUT2D eigenvalue weighted by Gasteiger charge is -2.32. The maximum atomic E-state index is 12.2. The van der Waals surface area contributed by atoms with Gasteiger partial charge in [0, 0.05) is 16.5 Å². The van der Waals surface area contributed by atoms with E-state index in [0.29, 0.717) is 32.9 Å². The highest BCUT2D eigenvalue weighted by atomic mass is 35.5. The van der Waals surface area contributed by atoms with Crippen LogP contribution < -0.4 is 15.3 Å². The fourth-order valence-electron chi connectivity index (χ4n) is 3.51. The number of rotatable bonds is 4. The predicted octanol–water partition coefficient (Wildman–Crippen LogP) is 6.45. The van der Waals surface area contributed by atoms with Crippen LogP contribution in [0.1, 0.15) is 30.9 Å². The number of aryl methyl sites for hydroxylation is 1. The largest absolute Gasteiger partial charge is 0.471 e. The zero-order valence-corrected chi connectivity index (χ0v) is 17.5. The standard InChI is InChI=1S/C21H18Cl3NO3/c1-2-3-4-12-7-19(26)28-20-14(12)9-17(24)21-15(20)10-25(11-27-21)18-8-13(22)5-6-16(18)23/h5-9H,2-4,10-11H2,1H3. The SMILES string of the molecule is CCCCc1cc(=O)oc2c3c(c(Cl)cc12)OCN(c1cc(Cl)ccc1Cl)C3. The molecule has 0 spiro atoms. The Balaban J connectivity index is 1.85. The fourth-order valence-corrected chi connectivity index (χ4v) is 4.19. The monoisotopic (exact) mass is 437 g/mol. The van der Waals surface area contributed by atoms with Crippen molar-refractivity contribution in [1.29, 1.82) is 0 Å². The number of benzene rings is 2. The summed E-state index contributed by atoms with van der Waals surface area (Å²) in [6.45, 7) is 2.81. The molecular weight excluding hydrogens is 421 g/mol. The Morgan fingerprint density at radius 1 is 1.11 bits per heavy atom. The number of ether oxygens (including phenoxy) is 1. The summed E-state index contributed by atoms with van der Waals surface area (Å²) in [5.41, 5.74) is 2.57. The molecule has 1 aliphatic rings. The van der Waals surface area contributed by atoms with Crippen molar-refractivity contribution in [2.45, 2.75) is 32.7 Å². The molecule has 0 radical (unpaired) electrons. The number of anilines is 1. The normalized spacial score (nSPS) is 13.5. The molecule has 0 unspecified atom stereocenters. The molecule has 0 N–H and O–H groups in total. The lowest BCUT2D eigenvalue weighted by atomic mass is 10.0. The minimum absolute atomic E-state index is 0.262. The van der Waals surface area contributed by atoms with Crippen molar-refractivity contribution in [2.75, 3.05) is 11.6 Å². The molecule has 0 saturated heterocycles. The van der Waals surface area contributed by atoms with Crippen LogP contribution >= 0.6 is 34.8 Å². The smallest absolute Gasteiger partial charge is 0.336 e. The van der Waals surface area contributed by atoms with E-state index in [0.717, 1.165) is 41.5 Å². The molecule has 2 heterocycles. The second-order valence-electron chi connectivity index (χ2n) is 6.80. The molecule has 0 fully saturated rings. The topological polar surface area (TPSA) is 42.7 Å². The van der Waals surface area contributed by atoms with Crippen molar-refractivity contribution in [3.05, 3.63) is 66.9 Å². The van der Waals surface area contributed by atoms with Crippen molar-refractivity contribution in [1.82, 2.24) is 0 Å². The third-order valence-electron chi connectivity index (χ3n) is 4.88. The highest BCUT2D eigenvalue weighted by Gasteiger charge is 2.26. The summed E-state index contributed by atoms with van der Waals surface area (Å²) in [4.78, 5) is 14.1. The van der Waals surface area contributed by atoms with E-state index in [1.165, 1.54) is 0 Å². The average molecular weight is 439 g/mol. The van der Waals surface area contributed by atoms with Gasteiger partial charge in [-0.25, -0.2) is 4.79 Å². The lowest BCUT2D eigenvalue weighted by Crippen LogP contribution is -2.32. The molecule has 0 saturated carbocycles. The first kappa shape index (κ1) is 19.4. The highest BCUT2D eigenvalue weighted by Crippen LogP contribution is 2.41. The van der Waals surface area contributed by atoms with E-state index in [1.54, 1.807) is 24.3 Å². The maximum Gasteiger partial charge on any atom is 0.336 e. The van der Waals surface area contributed by atoms with Gasteiger partial charge >= 0.3 is 5.63 Å². The highest BCUT2D eigenvalue weighted by molar-refractivity contribution is 6.35. The van der Waals surface area contributed by atoms with E-state index in [4.69, 9.17) is 44.0 Å². The van der Waals surface area contributed by atoms with Gasteiger partial charge in [-0.15, -0.1) is 0 Å². The van der Waals surface area contributed by atoms with E-state index in [2.05, 4.69) is 6.92 Å². The van der Waals surface area contributed by atoms with Crippen LogP contribution in [0.5, 0.6) is 5.75 Å². The number of hydrogen-bond acceptors (Lipinski definition) is 4. The molecule has 0 aliphatic carbocycles. The van der Waals surface area contributed by atoms with Crippen molar-refractivity contribution in [3.63, 3.8) is 0 Å². The summed E-state index contributed by atoms with van der Waals surface area (Å²) >= 11 is 19.0. The van der Waals surface area contributed by atoms with E-state index >= 15 is 0 Å². The van der Waals surface area contributed by atoms with Gasteiger partial charge in [0.2, 0.25) is 0 Å². The Hall–Kier alpha value is -1.88. The molecule has 0 bridgehead atoms. The summed E-state index contributed by atoms with van der Waals surface area (Å²) in [6.07, 6.45) is 2.80. The summed E-state index contributed by atoms with van der Waals surface area (Å²) in [6, 6.07) is 8.64. The summed E-state index contributed by atoms with van der Waals surface area (Å²) in [5, 5.41) is 2.49. The molecule has 7 heteroatoms. The van der Waals surface area contributed by atoms with E-state index in [1.807, 2.05) is 11.0 Å². The molecule has 0 atom stereocenters. The van der Waals surface area contributed by atoms with Gasteiger partial charge in [0.05, 0.1) is 27.8 Å². The van der Waals surface area contributed by atoms with Crippen LogP contribution in [0.3, 0.4) is 0 Å². The lowest BCUT2D eigenvalue weighted by molar-refractivity contribution is 0.289. The van der Waals surface area contributed by atoms with E-state index in [9.17, 15) is 4.79 Å². The number of fused-ring (bicyclic) bond motifs is 3. The molecule has 4 nitrogen and oxygen atoms in total. The molecule has 0 amide bonds. The van der Waals surface area contributed by atoms with Crippen LogP contribution in [0.15, 0.2) is 39.5 Å². The Labute approximate surface area is 177 Å². The van der Waals surface area contributed by atoms with Crippen molar-refractivity contribution in [3.8, 4) is 5.75 Å². The first-order valence-corrected chi connectivity index (χ1v) is 10.2. The molecular formula is C21H18Cl3NO3. The molecule has 3 aromatic rings. The Morgan fingerprint density at radius 2 is 1.93 bits per heavy atom. The summed E-state index contributed by atoms with van der Waals surface area (Å²) in [5.74, 6) is 0.541. The molecule has 28 heavy (non-hydrogen) atoms. The fraction of sp³-hybridized carbons (Fsp3) is 0.286. The van der Waals surface area contributed by atoms with Gasteiger partial charge in [-0.05, 0) is 42.7 Å². The zero-order chi connectivity index (χ0) is 19.8. The third-order valence-corrected chi connectivity index (χ3v) is 5.72. The quantitative estimate of drug-likeness (QED) is 0.439. The summed E-state index contributed by atoms with van der Waals surface area (Å²) in [7, 11) is 0. The number of unbranched alkanes of at least 4 members (excludes halogenated alkanes) is 1. The van der Waals surface area contributed by atoms with Crippen LogP contribution in [-0.4, -0.2) is 6.73 Å². The second kappa shape index (κ2) is 7.86. The van der Waals surface area contributed by atoms with Gasteiger partial charge in [0.1, 0.15) is 11.3 Å². The van der Waals surface area contributed by atoms with Crippen molar-refractivity contribution >= 4 is 51.5 Å². The molecule has 1 aliphatic heterocycles.